The van der Waals surface area contributed by atoms with Crippen LogP contribution in [0.15, 0.2) is 36.1 Å². The van der Waals surface area contributed by atoms with Crippen LogP contribution in [-0.4, -0.2) is 37.6 Å². The van der Waals surface area contributed by atoms with E-state index >= 15 is 0 Å². The minimum Gasteiger partial charge on any atom is -0.459 e. The number of carbonyl (C=O) groups excluding carboxylic acids is 1. The van der Waals surface area contributed by atoms with Crippen LogP contribution in [0.4, 0.5) is 0 Å². The fourth-order valence-electron chi connectivity index (χ4n) is 2.95. The van der Waals surface area contributed by atoms with Crippen LogP contribution < -0.4 is 5.32 Å². The molecular formula is C18H24INO4. The summed E-state index contributed by atoms with van der Waals surface area (Å²) in [6.45, 7) is 2.53. The third-order valence-electron chi connectivity index (χ3n) is 4.12. The van der Waals surface area contributed by atoms with E-state index in [1.807, 2.05) is 13.0 Å². The molecule has 0 unspecified atom stereocenters. The maximum Gasteiger partial charge on any atom is 0.285 e. The average Bonchev–Trinajstić information content (AvgIpc) is 2.60. The van der Waals surface area contributed by atoms with Crippen molar-refractivity contribution < 1.29 is 19.4 Å². The Morgan fingerprint density at radius 2 is 2.08 bits per heavy atom. The molecule has 0 radical (unpaired) electrons. The Morgan fingerprint density at radius 3 is 2.67 bits per heavy atom. The number of rotatable bonds is 7. The van der Waals surface area contributed by atoms with Gasteiger partial charge in [-0.25, -0.2) is 0 Å². The number of ether oxygens (including phenoxy) is 2. The molecular weight excluding hydrogens is 421 g/mol. The van der Waals surface area contributed by atoms with Gasteiger partial charge in [-0.15, -0.1) is 0 Å². The molecule has 0 aliphatic carbocycles. The van der Waals surface area contributed by atoms with Gasteiger partial charge in [-0.1, -0.05) is 12.1 Å². The monoisotopic (exact) mass is 445 g/mol. The lowest BCUT2D eigenvalue weighted by atomic mass is 9.80. The topological polar surface area (TPSA) is 67.8 Å². The lowest BCUT2D eigenvalue weighted by Crippen LogP contribution is -2.38. The second-order valence-electron chi connectivity index (χ2n) is 5.66. The maximum absolute atomic E-state index is 12.1. The zero-order chi connectivity index (χ0) is 17.5. The van der Waals surface area contributed by atoms with Crippen LogP contribution in [0.3, 0.4) is 0 Å². The van der Waals surface area contributed by atoms with Crippen molar-refractivity contribution in [3.63, 3.8) is 0 Å². The number of likely N-dealkylation sites (N-methyl/N-ethyl adjacent to an activating group) is 1. The number of hydrogen-bond acceptors (Lipinski definition) is 4. The molecule has 1 heterocycles. The number of aliphatic hydroxyl groups excluding tert-OH is 1. The number of nitrogens with one attached hydrogen (secondary N) is 1. The minimum absolute atomic E-state index is 0.00569. The summed E-state index contributed by atoms with van der Waals surface area (Å²) in [5, 5.41) is 11.8. The summed E-state index contributed by atoms with van der Waals surface area (Å²) in [6.07, 6.45) is 2.80. The van der Waals surface area contributed by atoms with E-state index in [4.69, 9.17) is 9.47 Å². The highest BCUT2D eigenvalue weighted by Gasteiger charge is 2.37. The number of carbonyl (C=O) groups is 1. The SMILES string of the molecule is CCO[C@@H]1OC(C(=O)NC)=C[C@H](c2ccc(I)cc2)[C@H]1CCCO. The highest BCUT2D eigenvalue weighted by molar-refractivity contribution is 14.1. The van der Waals surface area contributed by atoms with Gasteiger partial charge < -0.3 is 19.9 Å². The molecule has 24 heavy (non-hydrogen) atoms. The normalized spacial score (nSPS) is 23.3. The van der Waals surface area contributed by atoms with Crippen molar-refractivity contribution in [2.24, 2.45) is 5.92 Å². The molecule has 0 saturated heterocycles. The number of benzene rings is 1. The number of hydrogen-bond donors (Lipinski definition) is 2. The van der Waals surface area contributed by atoms with Crippen LogP contribution in [0.1, 0.15) is 31.2 Å². The first kappa shape index (κ1) is 19.2. The van der Waals surface area contributed by atoms with Crippen molar-refractivity contribution in [2.45, 2.75) is 32.0 Å². The van der Waals surface area contributed by atoms with Crippen LogP contribution in [0.25, 0.3) is 0 Å². The van der Waals surface area contributed by atoms with E-state index in [1.165, 1.54) is 0 Å². The first-order valence-electron chi connectivity index (χ1n) is 8.19. The van der Waals surface area contributed by atoms with Crippen LogP contribution in [0.2, 0.25) is 0 Å². The maximum atomic E-state index is 12.1. The van der Waals surface area contributed by atoms with E-state index < -0.39 is 6.29 Å². The van der Waals surface area contributed by atoms with E-state index in [9.17, 15) is 9.90 Å². The van der Waals surface area contributed by atoms with E-state index in [0.29, 0.717) is 18.8 Å². The summed E-state index contributed by atoms with van der Waals surface area (Å²) in [7, 11) is 1.58. The molecule has 2 rings (SSSR count). The molecule has 5 nitrogen and oxygen atoms in total. The molecule has 2 N–H and O–H groups in total. The Kier molecular flexibility index (Phi) is 7.51. The van der Waals surface area contributed by atoms with Crippen molar-refractivity contribution in [3.8, 4) is 0 Å². The van der Waals surface area contributed by atoms with E-state index in [0.717, 1.165) is 15.6 Å². The van der Waals surface area contributed by atoms with Crippen molar-refractivity contribution in [1.82, 2.24) is 5.32 Å². The average molecular weight is 445 g/mol. The summed E-state index contributed by atoms with van der Waals surface area (Å²) in [6, 6.07) is 8.25. The Labute approximate surface area is 156 Å². The number of amides is 1. The van der Waals surface area contributed by atoms with E-state index in [2.05, 4.69) is 52.2 Å². The van der Waals surface area contributed by atoms with Crippen molar-refractivity contribution in [3.05, 3.63) is 45.2 Å². The predicted octanol–water partition coefficient (Wildman–Crippen LogP) is 2.79. The van der Waals surface area contributed by atoms with Gasteiger partial charge in [0.05, 0.1) is 0 Å². The summed E-state index contributed by atoms with van der Waals surface area (Å²) < 4.78 is 12.7. The van der Waals surface area contributed by atoms with Crippen LogP contribution >= 0.6 is 22.6 Å². The number of halogens is 1. The molecule has 132 valence electrons. The summed E-state index contributed by atoms with van der Waals surface area (Å²) >= 11 is 2.27. The molecule has 6 heteroatoms. The smallest absolute Gasteiger partial charge is 0.285 e. The molecule has 1 aromatic carbocycles. The van der Waals surface area contributed by atoms with Crippen LogP contribution in [0.5, 0.6) is 0 Å². The Balaban J connectivity index is 2.39. The van der Waals surface area contributed by atoms with Crippen LogP contribution in [0, 0.1) is 9.49 Å². The van der Waals surface area contributed by atoms with Gasteiger partial charge in [-0.05, 0) is 66.1 Å². The Hall–Kier alpha value is -1.12. The van der Waals surface area contributed by atoms with Gasteiger partial charge in [-0.2, -0.15) is 0 Å². The summed E-state index contributed by atoms with van der Waals surface area (Å²) in [5.41, 5.74) is 1.12. The summed E-state index contributed by atoms with van der Waals surface area (Å²) in [4.78, 5) is 12.1. The fraction of sp³-hybridized carbons (Fsp3) is 0.500. The Bertz CT molecular complexity index is 573. The fourth-order valence-corrected chi connectivity index (χ4v) is 3.31. The highest BCUT2D eigenvalue weighted by atomic mass is 127. The first-order chi connectivity index (χ1) is 11.6. The van der Waals surface area contributed by atoms with Gasteiger partial charge in [0.15, 0.2) is 5.76 Å². The third-order valence-corrected chi connectivity index (χ3v) is 4.84. The predicted molar refractivity (Wildman–Crippen MR) is 100 cm³/mol. The van der Waals surface area contributed by atoms with Gasteiger partial charge >= 0.3 is 0 Å². The van der Waals surface area contributed by atoms with Crippen molar-refractivity contribution >= 4 is 28.5 Å². The molecule has 0 saturated carbocycles. The number of aliphatic hydroxyl groups is 1. The second-order valence-corrected chi connectivity index (χ2v) is 6.90. The van der Waals surface area contributed by atoms with E-state index in [-0.39, 0.29) is 24.3 Å². The molecule has 1 aromatic rings. The third kappa shape index (κ3) is 4.70. The molecule has 0 spiro atoms. The molecule has 0 bridgehead atoms. The number of allylic oxidation sites excluding steroid dienone is 1. The second kappa shape index (κ2) is 9.39. The molecule has 1 aliphatic rings. The highest BCUT2D eigenvalue weighted by Crippen LogP contribution is 2.39. The molecule has 0 fully saturated rings. The van der Waals surface area contributed by atoms with E-state index in [1.54, 1.807) is 7.05 Å². The zero-order valence-electron chi connectivity index (χ0n) is 14.0. The largest absolute Gasteiger partial charge is 0.459 e. The Morgan fingerprint density at radius 1 is 1.38 bits per heavy atom. The quantitative estimate of drug-likeness (QED) is 0.634. The van der Waals surface area contributed by atoms with Crippen molar-refractivity contribution in [2.75, 3.05) is 20.3 Å². The molecule has 1 aliphatic heterocycles. The standard InChI is InChI=1S/C18H24INO4/c1-3-23-18-14(5-4-10-21)15(11-16(24-18)17(22)20-2)12-6-8-13(19)9-7-12/h6-9,11,14-15,18,21H,3-5,10H2,1-2H3,(H,20,22)/t14-,15-,18-/m1/s1. The molecule has 0 aromatic heterocycles. The van der Waals surface area contributed by atoms with Gasteiger partial charge in [0.1, 0.15) is 0 Å². The zero-order valence-corrected chi connectivity index (χ0v) is 16.2. The minimum atomic E-state index is -0.497. The van der Waals surface area contributed by atoms with Gasteiger partial charge in [0.25, 0.3) is 5.91 Å². The van der Waals surface area contributed by atoms with Gasteiger partial charge in [-0.3, -0.25) is 4.79 Å². The molecule has 3 atom stereocenters. The van der Waals surface area contributed by atoms with Gasteiger partial charge in [0.2, 0.25) is 6.29 Å². The van der Waals surface area contributed by atoms with Crippen molar-refractivity contribution in [1.29, 1.82) is 0 Å². The first-order valence-corrected chi connectivity index (χ1v) is 9.27. The van der Waals surface area contributed by atoms with Crippen LogP contribution in [-0.2, 0) is 14.3 Å². The lowest BCUT2D eigenvalue weighted by Gasteiger charge is -2.37. The summed E-state index contributed by atoms with van der Waals surface area (Å²) in [5.74, 6) is 0.0901. The lowest BCUT2D eigenvalue weighted by molar-refractivity contribution is -0.166. The molecule has 1 amide bonds. The van der Waals surface area contributed by atoms with Gasteiger partial charge in [0, 0.05) is 35.7 Å².